The summed E-state index contributed by atoms with van der Waals surface area (Å²) in [5, 5.41) is 12.3. The van der Waals surface area contributed by atoms with Gasteiger partial charge in [0.15, 0.2) is 0 Å². The van der Waals surface area contributed by atoms with Crippen LogP contribution in [0.2, 0.25) is 0 Å². The number of ether oxygens (including phenoxy) is 1. The van der Waals surface area contributed by atoms with Gasteiger partial charge in [-0.05, 0) is 36.2 Å². The second-order valence-corrected chi connectivity index (χ2v) is 7.31. The van der Waals surface area contributed by atoms with Crippen LogP contribution in [0, 0.1) is 0 Å². The molecule has 1 fully saturated rings. The summed E-state index contributed by atoms with van der Waals surface area (Å²) in [6, 6.07) is 14.3. The third kappa shape index (κ3) is 3.73. The van der Waals surface area contributed by atoms with Crippen LogP contribution in [0.1, 0.15) is 29.2 Å². The first-order chi connectivity index (χ1) is 14.1. The van der Waals surface area contributed by atoms with Crippen molar-refractivity contribution in [2.75, 3.05) is 20.2 Å². The molecule has 29 heavy (non-hydrogen) atoms. The first kappa shape index (κ1) is 19.5. The van der Waals surface area contributed by atoms with E-state index in [2.05, 4.69) is 9.97 Å². The number of rotatable bonds is 6. The van der Waals surface area contributed by atoms with E-state index in [4.69, 9.17) is 4.74 Å². The monoisotopic (exact) mass is 393 g/mol. The predicted octanol–water partition coefficient (Wildman–Crippen LogP) is 3.51. The molecule has 0 spiro atoms. The maximum absolute atomic E-state index is 14.2. The van der Waals surface area contributed by atoms with Gasteiger partial charge in [-0.25, -0.2) is 4.39 Å². The fourth-order valence-corrected chi connectivity index (χ4v) is 4.16. The molecule has 150 valence electrons. The number of hydrogen-bond donors (Lipinski definition) is 1. The van der Waals surface area contributed by atoms with Crippen LogP contribution in [0.3, 0.4) is 0 Å². The average Bonchev–Trinajstić information content (AvgIpc) is 3.20. The normalized spacial score (nSPS) is 18.5. The summed E-state index contributed by atoms with van der Waals surface area (Å²) in [4.78, 5) is 10.5. The van der Waals surface area contributed by atoms with Crippen LogP contribution in [-0.4, -0.2) is 46.3 Å². The zero-order chi connectivity index (χ0) is 20.3. The standard InChI is InChI=1S/C23H24FN3O2/c1-29-21-8-2-5-17(13-21)22(27-12-9-20(24)16-27)23(28,18-6-3-10-25-14-18)19-7-4-11-26-15-19/h2-8,10-11,13-15,20,22,28H,9,12,16H2,1H3. The SMILES string of the molecule is COc1cccc(C(N2CCC(F)C2)C(O)(c2cccnc2)c2cccnc2)c1. The van der Waals surface area contributed by atoms with Crippen molar-refractivity contribution in [1.29, 1.82) is 0 Å². The zero-order valence-electron chi connectivity index (χ0n) is 16.3. The van der Waals surface area contributed by atoms with Crippen molar-refractivity contribution in [3.63, 3.8) is 0 Å². The van der Waals surface area contributed by atoms with Gasteiger partial charge < -0.3 is 9.84 Å². The largest absolute Gasteiger partial charge is 0.497 e. The van der Waals surface area contributed by atoms with Gasteiger partial charge >= 0.3 is 0 Å². The van der Waals surface area contributed by atoms with Crippen LogP contribution in [-0.2, 0) is 5.60 Å². The number of methoxy groups -OCH3 is 1. The smallest absolute Gasteiger partial charge is 0.137 e. The third-order valence-corrected chi connectivity index (χ3v) is 5.54. The molecule has 1 N–H and O–H groups in total. The van der Waals surface area contributed by atoms with Gasteiger partial charge in [0, 0.05) is 49.0 Å². The molecule has 1 saturated heterocycles. The third-order valence-electron chi connectivity index (χ3n) is 5.54. The molecular formula is C23H24FN3O2. The highest BCUT2D eigenvalue weighted by Gasteiger charge is 2.46. The minimum absolute atomic E-state index is 0.255. The Hall–Kier alpha value is -2.83. The predicted molar refractivity (Wildman–Crippen MR) is 108 cm³/mol. The Morgan fingerprint density at radius 3 is 2.31 bits per heavy atom. The second-order valence-electron chi connectivity index (χ2n) is 7.31. The fraction of sp³-hybridized carbons (Fsp3) is 0.304. The summed E-state index contributed by atoms with van der Waals surface area (Å²) in [5.74, 6) is 0.684. The van der Waals surface area contributed by atoms with E-state index in [9.17, 15) is 9.50 Å². The summed E-state index contributed by atoms with van der Waals surface area (Å²) in [7, 11) is 1.61. The van der Waals surface area contributed by atoms with Crippen LogP contribution >= 0.6 is 0 Å². The Kier molecular flexibility index (Phi) is 5.56. The van der Waals surface area contributed by atoms with Crippen molar-refractivity contribution in [1.82, 2.24) is 14.9 Å². The summed E-state index contributed by atoms with van der Waals surface area (Å²) >= 11 is 0. The molecule has 0 amide bonds. The number of aromatic nitrogens is 2. The highest BCUT2D eigenvalue weighted by atomic mass is 19.1. The average molecular weight is 393 g/mol. The fourth-order valence-electron chi connectivity index (χ4n) is 4.16. The zero-order valence-corrected chi connectivity index (χ0v) is 16.3. The summed E-state index contributed by atoms with van der Waals surface area (Å²) < 4.78 is 19.6. The lowest BCUT2D eigenvalue weighted by molar-refractivity contribution is -0.0171. The number of halogens is 1. The lowest BCUT2D eigenvalue weighted by Gasteiger charge is -2.42. The number of pyridine rings is 2. The Morgan fingerprint density at radius 2 is 1.79 bits per heavy atom. The molecule has 0 saturated carbocycles. The van der Waals surface area contributed by atoms with Crippen LogP contribution in [0.25, 0.3) is 0 Å². The van der Waals surface area contributed by atoms with Crippen molar-refractivity contribution in [2.24, 2.45) is 0 Å². The minimum Gasteiger partial charge on any atom is -0.497 e. The molecular weight excluding hydrogens is 369 g/mol. The van der Waals surface area contributed by atoms with Gasteiger partial charge in [0.1, 0.15) is 17.5 Å². The molecule has 2 atom stereocenters. The summed E-state index contributed by atoms with van der Waals surface area (Å²) in [5.41, 5.74) is 0.624. The lowest BCUT2D eigenvalue weighted by atomic mass is 9.77. The molecule has 2 aromatic heterocycles. The van der Waals surface area contributed by atoms with Gasteiger partial charge in [0.25, 0.3) is 0 Å². The van der Waals surface area contributed by atoms with E-state index in [1.807, 2.05) is 41.3 Å². The van der Waals surface area contributed by atoms with Crippen LogP contribution in [0.4, 0.5) is 4.39 Å². The Labute approximate surface area is 169 Å². The maximum Gasteiger partial charge on any atom is 0.137 e. The van der Waals surface area contributed by atoms with E-state index >= 15 is 0 Å². The van der Waals surface area contributed by atoms with E-state index < -0.39 is 17.8 Å². The molecule has 1 aromatic carbocycles. The van der Waals surface area contributed by atoms with Gasteiger partial charge in [-0.1, -0.05) is 24.3 Å². The number of nitrogens with zero attached hydrogens (tertiary/aromatic N) is 3. The first-order valence-electron chi connectivity index (χ1n) is 9.68. The number of hydrogen-bond acceptors (Lipinski definition) is 5. The summed E-state index contributed by atoms with van der Waals surface area (Å²) in [6.07, 6.45) is 6.17. The van der Waals surface area contributed by atoms with Crippen molar-refractivity contribution in [3.05, 3.63) is 90.0 Å². The molecule has 0 radical (unpaired) electrons. The number of benzene rings is 1. The van der Waals surface area contributed by atoms with Crippen molar-refractivity contribution in [3.8, 4) is 5.75 Å². The molecule has 0 aliphatic carbocycles. The molecule has 3 heterocycles. The summed E-state index contributed by atoms with van der Waals surface area (Å²) in [6.45, 7) is 0.802. The van der Waals surface area contributed by atoms with Crippen LogP contribution in [0.5, 0.6) is 5.75 Å². The van der Waals surface area contributed by atoms with E-state index in [1.165, 1.54) is 0 Å². The van der Waals surface area contributed by atoms with Gasteiger partial charge in [-0.2, -0.15) is 0 Å². The van der Waals surface area contributed by atoms with Gasteiger partial charge in [0.2, 0.25) is 0 Å². The highest BCUT2D eigenvalue weighted by Crippen LogP contribution is 2.46. The van der Waals surface area contributed by atoms with Crippen molar-refractivity contribution in [2.45, 2.75) is 24.2 Å². The Morgan fingerprint density at radius 1 is 1.10 bits per heavy atom. The second kappa shape index (κ2) is 8.27. The number of aliphatic hydroxyl groups is 1. The van der Waals surface area contributed by atoms with Crippen molar-refractivity contribution < 1.29 is 14.2 Å². The topological polar surface area (TPSA) is 58.5 Å². The first-order valence-corrected chi connectivity index (χ1v) is 9.68. The maximum atomic E-state index is 14.2. The van der Waals surface area contributed by atoms with E-state index in [1.54, 1.807) is 44.0 Å². The van der Waals surface area contributed by atoms with Gasteiger partial charge in [0.05, 0.1) is 13.2 Å². The lowest BCUT2D eigenvalue weighted by Crippen LogP contribution is -2.44. The number of alkyl halides is 1. The number of likely N-dealkylation sites (tertiary alicyclic amines) is 1. The minimum atomic E-state index is -1.47. The van der Waals surface area contributed by atoms with Crippen LogP contribution < -0.4 is 4.74 Å². The molecule has 1 aliphatic heterocycles. The quantitative estimate of drug-likeness (QED) is 0.695. The van der Waals surface area contributed by atoms with E-state index in [0.717, 1.165) is 5.56 Å². The molecule has 6 heteroatoms. The molecule has 1 aliphatic rings. The van der Waals surface area contributed by atoms with Gasteiger partial charge in [-0.15, -0.1) is 0 Å². The highest BCUT2D eigenvalue weighted by molar-refractivity contribution is 5.41. The Balaban J connectivity index is 1.93. The molecule has 5 nitrogen and oxygen atoms in total. The molecule has 3 aromatic rings. The van der Waals surface area contributed by atoms with E-state index in [-0.39, 0.29) is 6.54 Å². The molecule has 0 bridgehead atoms. The molecule has 4 rings (SSSR count). The van der Waals surface area contributed by atoms with Gasteiger partial charge in [-0.3, -0.25) is 14.9 Å². The van der Waals surface area contributed by atoms with E-state index in [0.29, 0.717) is 29.8 Å². The van der Waals surface area contributed by atoms with Crippen molar-refractivity contribution >= 4 is 0 Å². The van der Waals surface area contributed by atoms with Crippen LogP contribution in [0.15, 0.2) is 73.3 Å². The Bertz CT molecular complexity index is 900. The molecule has 2 unspecified atom stereocenters.